The molecular formula is C9H9BrINO. The molecular weight excluding hydrogens is 345 g/mol. The minimum absolute atomic E-state index is 0.00855. The van der Waals surface area contributed by atoms with Crippen molar-refractivity contribution in [3.8, 4) is 0 Å². The number of benzene rings is 1. The molecule has 1 N–H and O–H groups in total. The largest absolute Gasteiger partial charge is 0.352 e. The quantitative estimate of drug-likeness (QED) is 0.814. The Hall–Kier alpha value is -0.100. The summed E-state index contributed by atoms with van der Waals surface area (Å²) in [4.78, 5) is 10.7. The summed E-state index contributed by atoms with van der Waals surface area (Å²) in [5, 5.41) is 2.76. The first kappa shape index (κ1) is 11.0. The maximum Gasteiger partial charge on any atom is 0.217 e. The van der Waals surface area contributed by atoms with Crippen molar-refractivity contribution in [2.24, 2.45) is 0 Å². The monoisotopic (exact) mass is 353 g/mol. The number of amides is 1. The molecule has 0 aromatic heterocycles. The first-order chi connectivity index (χ1) is 6.09. The first-order valence-electron chi connectivity index (χ1n) is 3.78. The lowest BCUT2D eigenvalue weighted by Gasteiger charge is -2.05. The van der Waals surface area contributed by atoms with Gasteiger partial charge in [-0.05, 0) is 46.4 Å². The highest BCUT2D eigenvalue weighted by Gasteiger charge is 2.00. The Morgan fingerprint density at radius 2 is 2.31 bits per heavy atom. The smallest absolute Gasteiger partial charge is 0.217 e. The molecule has 13 heavy (non-hydrogen) atoms. The second-order valence-electron chi connectivity index (χ2n) is 2.65. The molecule has 0 fully saturated rings. The van der Waals surface area contributed by atoms with Gasteiger partial charge in [-0.2, -0.15) is 0 Å². The van der Waals surface area contributed by atoms with Crippen molar-refractivity contribution >= 4 is 44.4 Å². The summed E-state index contributed by atoms with van der Waals surface area (Å²) in [6.45, 7) is 2.09. The molecule has 0 spiro atoms. The SMILES string of the molecule is CC(=O)NCc1cc(I)ccc1Br. The van der Waals surface area contributed by atoms with Gasteiger partial charge >= 0.3 is 0 Å². The fraction of sp³-hybridized carbons (Fsp3) is 0.222. The number of carbonyl (C=O) groups is 1. The molecule has 0 saturated heterocycles. The van der Waals surface area contributed by atoms with Crippen LogP contribution in [0, 0.1) is 3.57 Å². The van der Waals surface area contributed by atoms with Gasteiger partial charge in [-0.15, -0.1) is 0 Å². The molecule has 0 atom stereocenters. The Balaban J connectivity index is 2.75. The Bertz CT molecular complexity index is 327. The van der Waals surface area contributed by atoms with E-state index in [1.807, 2.05) is 18.2 Å². The topological polar surface area (TPSA) is 29.1 Å². The van der Waals surface area contributed by atoms with Crippen molar-refractivity contribution in [3.05, 3.63) is 31.8 Å². The Kier molecular flexibility index (Phi) is 4.18. The van der Waals surface area contributed by atoms with Crippen molar-refractivity contribution < 1.29 is 4.79 Å². The van der Waals surface area contributed by atoms with E-state index in [-0.39, 0.29) is 5.91 Å². The van der Waals surface area contributed by atoms with Crippen molar-refractivity contribution in [2.75, 3.05) is 0 Å². The lowest BCUT2D eigenvalue weighted by atomic mass is 10.2. The molecule has 1 amide bonds. The second-order valence-corrected chi connectivity index (χ2v) is 4.75. The molecule has 0 bridgehead atoms. The van der Waals surface area contributed by atoms with E-state index in [0.29, 0.717) is 6.54 Å². The molecule has 1 aromatic carbocycles. The van der Waals surface area contributed by atoms with Crippen LogP contribution in [0.2, 0.25) is 0 Å². The first-order valence-corrected chi connectivity index (χ1v) is 5.65. The number of nitrogens with one attached hydrogen (secondary N) is 1. The van der Waals surface area contributed by atoms with Gasteiger partial charge in [-0.3, -0.25) is 4.79 Å². The summed E-state index contributed by atoms with van der Waals surface area (Å²) in [6.07, 6.45) is 0. The Morgan fingerprint density at radius 1 is 1.62 bits per heavy atom. The van der Waals surface area contributed by atoms with Crippen LogP contribution in [-0.4, -0.2) is 5.91 Å². The van der Waals surface area contributed by atoms with E-state index in [2.05, 4.69) is 43.8 Å². The van der Waals surface area contributed by atoms with Gasteiger partial charge in [0.2, 0.25) is 5.91 Å². The van der Waals surface area contributed by atoms with Crippen LogP contribution in [0.25, 0.3) is 0 Å². The van der Waals surface area contributed by atoms with Crippen LogP contribution in [0.1, 0.15) is 12.5 Å². The highest BCUT2D eigenvalue weighted by atomic mass is 127. The molecule has 0 aliphatic rings. The lowest BCUT2D eigenvalue weighted by Crippen LogP contribution is -2.19. The number of carbonyl (C=O) groups excluding carboxylic acids is 1. The van der Waals surface area contributed by atoms with E-state index in [1.165, 1.54) is 10.5 Å². The average Bonchev–Trinajstić information content (AvgIpc) is 2.06. The van der Waals surface area contributed by atoms with Gasteiger partial charge in [-0.1, -0.05) is 15.9 Å². The van der Waals surface area contributed by atoms with Crippen LogP contribution in [0.15, 0.2) is 22.7 Å². The lowest BCUT2D eigenvalue weighted by molar-refractivity contribution is -0.119. The highest BCUT2D eigenvalue weighted by molar-refractivity contribution is 14.1. The van der Waals surface area contributed by atoms with Gasteiger partial charge in [0.05, 0.1) is 0 Å². The van der Waals surface area contributed by atoms with E-state index in [9.17, 15) is 4.79 Å². The summed E-state index contributed by atoms with van der Waals surface area (Å²) < 4.78 is 2.20. The highest BCUT2D eigenvalue weighted by Crippen LogP contribution is 2.19. The average molecular weight is 354 g/mol. The standard InChI is InChI=1S/C9H9BrINO/c1-6(13)12-5-7-4-8(11)2-3-9(7)10/h2-4H,5H2,1H3,(H,12,13). The molecule has 0 unspecified atom stereocenters. The van der Waals surface area contributed by atoms with Gasteiger partial charge in [0, 0.05) is 21.5 Å². The van der Waals surface area contributed by atoms with E-state index in [4.69, 9.17) is 0 Å². The molecule has 0 heterocycles. The molecule has 4 heteroatoms. The molecule has 1 aromatic rings. The van der Waals surface area contributed by atoms with Crippen molar-refractivity contribution in [3.63, 3.8) is 0 Å². The van der Waals surface area contributed by atoms with Gasteiger partial charge in [0.15, 0.2) is 0 Å². The molecule has 0 saturated carbocycles. The maximum absolute atomic E-state index is 10.7. The van der Waals surface area contributed by atoms with E-state index < -0.39 is 0 Å². The summed E-state index contributed by atoms with van der Waals surface area (Å²) in [5.74, 6) is -0.00855. The molecule has 2 nitrogen and oxygen atoms in total. The third-order valence-corrected chi connectivity index (χ3v) is 2.98. The summed E-state index contributed by atoms with van der Waals surface area (Å²) in [5.41, 5.74) is 1.10. The van der Waals surface area contributed by atoms with Crippen LogP contribution < -0.4 is 5.32 Å². The van der Waals surface area contributed by atoms with Crippen molar-refractivity contribution in [1.29, 1.82) is 0 Å². The van der Waals surface area contributed by atoms with Crippen molar-refractivity contribution in [1.82, 2.24) is 5.32 Å². The zero-order valence-corrected chi connectivity index (χ0v) is 10.8. The van der Waals surface area contributed by atoms with Crippen LogP contribution in [0.3, 0.4) is 0 Å². The molecule has 0 aliphatic heterocycles. The van der Waals surface area contributed by atoms with Crippen LogP contribution in [-0.2, 0) is 11.3 Å². The number of rotatable bonds is 2. The van der Waals surface area contributed by atoms with Crippen LogP contribution >= 0.6 is 38.5 Å². The molecule has 0 radical (unpaired) electrons. The van der Waals surface area contributed by atoms with Gasteiger partial charge in [0.1, 0.15) is 0 Å². The third kappa shape index (κ3) is 3.64. The van der Waals surface area contributed by atoms with Gasteiger partial charge in [0.25, 0.3) is 0 Å². The summed E-state index contributed by atoms with van der Waals surface area (Å²) >= 11 is 5.67. The maximum atomic E-state index is 10.7. The third-order valence-electron chi connectivity index (χ3n) is 1.54. The fourth-order valence-corrected chi connectivity index (χ4v) is 1.84. The predicted molar refractivity (Wildman–Crippen MR) is 64.4 cm³/mol. The van der Waals surface area contributed by atoms with Crippen molar-refractivity contribution in [2.45, 2.75) is 13.5 Å². The summed E-state index contributed by atoms with van der Waals surface area (Å²) in [6, 6.07) is 6.04. The second kappa shape index (κ2) is 4.95. The van der Waals surface area contributed by atoms with E-state index in [1.54, 1.807) is 0 Å². The minimum Gasteiger partial charge on any atom is -0.352 e. The van der Waals surface area contributed by atoms with E-state index in [0.717, 1.165) is 10.0 Å². The fourth-order valence-electron chi connectivity index (χ4n) is 0.898. The Labute approximate surface area is 99.4 Å². The Morgan fingerprint density at radius 3 is 2.92 bits per heavy atom. The molecule has 0 aliphatic carbocycles. The van der Waals surface area contributed by atoms with Gasteiger partial charge < -0.3 is 5.32 Å². The molecule has 1 rings (SSSR count). The number of hydrogen-bond acceptors (Lipinski definition) is 1. The molecule has 70 valence electrons. The number of halogens is 2. The number of hydrogen-bond donors (Lipinski definition) is 1. The minimum atomic E-state index is -0.00855. The normalized spacial score (nSPS) is 9.77. The zero-order valence-electron chi connectivity index (χ0n) is 7.10. The van der Waals surface area contributed by atoms with Crippen LogP contribution in [0.4, 0.5) is 0 Å². The zero-order chi connectivity index (χ0) is 9.84. The van der Waals surface area contributed by atoms with Gasteiger partial charge in [-0.25, -0.2) is 0 Å². The van der Waals surface area contributed by atoms with E-state index >= 15 is 0 Å². The predicted octanol–water partition coefficient (Wildman–Crippen LogP) is 2.69. The van der Waals surface area contributed by atoms with Crippen LogP contribution in [0.5, 0.6) is 0 Å². The summed E-state index contributed by atoms with van der Waals surface area (Å²) in [7, 11) is 0.